The quantitative estimate of drug-likeness (QED) is 0.268. The van der Waals surface area contributed by atoms with Gasteiger partial charge in [-0.1, -0.05) is 31.2 Å². The number of ether oxygens (including phenoxy) is 1. The first-order chi connectivity index (χ1) is 19.6. The Bertz CT molecular complexity index is 1360. The normalized spacial score (nSPS) is 15.6. The summed E-state index contributed by atoms with van der Waals surface area (Å²) >= 11 is 0. The van der Waals surface area contributed by atoms with E-state index >= 15 is 0 Å². The minimum Gasteiger partial charge on any atom is -0.478 e. The number of nitrogens with two attached hydrogens (primary N) is 1. The molecule has 0 bridgehead atoms. The maximum Gasteiger partial charge on any atom is 0.345 e. The number of imide groups is 1. The number of amides is 2. The van der Waals surface area contributed by atoms with Gasteiger partial charge in [0.05, 0.1) is 5.69 Å². The fraction of sp³-hybridized carbons (Fsp3) is 0.323. The zero-order valence-electron chi connectivity index (χ0n) is 22.7. The van der Waals surface area contributed by atoms with E-state index in [1.807, 2.05) is 18.2 Å². The molecule has 4 rings (SSSR count). The Morgan fingerprint density at radius 2 is 1.61 bits per heavy atom. The van der Waals surface area contributed by atoms with E-state index in [0.717, 1.165) is 23.0 Å². The zero-order valence-corrected chi connectivity index (χ0v) is 22.7. The summed E-state index contributed by atoms with van der Waals surface area (Å²) < 4.78 is 33.6. The molecule has 0 radical (unpaired) electrons. The maximum atomic E-state index is 13.8. The molecule has 4 N–H and O–H groups in total. The van der Waals surface area contributed by atoms with Crippen LogP contribution in [0.4, 0.5) is 14.5 Å². The number of halogens is 2. The summed E-state index contributed by atoms with van der Waals surface area (Å²) in [7, 11) is 0. The van der Waals surface area contributed by atoms with Gasteiger partial charge >= 0.3 is 5.97 Å². The Morgan fingerprint density at radius 1 is 0.976 bits per heavy atom. The van der Waals surface area contributed by atoms with E-state index in [1.165, 1.54) is 42.0 Å². The molecular weight excluding hydrogens is 532 g/mol. The fourth-order valence-corrected chi connectivity index (χ4v) is 4.98. The molecule has 8 nitrogen and oxygen atoms in total. The predicted octanol–water partition coefficient (Wildman–Crippen LogP) is 3.99. The SMILES string of the molecule is CCc1cccc(CNCC(C(N)Cc2cc(F)cc(F)c2)[C@H](Oc2ccc(N3C(=O)CCC3=O)cc2)C(=O)O)c1. The second-order valence-electron chi connectivity index (χ2n) is 10.1. The summed E-state index contributed by atoms with van der Waals surface area (Å²) in [6.45, 7) is 2.64. The van der Waals surface area contributed by atoms with Gasteiger partial charge in [-0.25, -0.2) is 13.6 Å². The molecule has 10 heteroatoms. The van der Waals surface area contributed by atoms with Gasteiger partial charge in [0.15, 0.2) is 0 Å². The molecule has 216 valence electrons. The van der Waals surface area contributed by atoms with Gasteiger partial charge in [0.25, 0.3) is 0 Å². The summed E-state index contributed by atoms with van der Waals surface area (Å²) in [5, 5.41) is 13.4. The van der Waals surface area contributed by atoms with Crippen LogP contribution in [-0.4, -0.2) is 41.6 Å². The Balaban J connectivity index is 1.54. The molecule has 41 heavy (non-hydrogen) atoms. The second-order valence-corrected chi connectivity index (χ2v) is 10.1. The number of anilines is 1. The number of carbonyl (C=O) groups is 3. The lowest BCUT2D eigenvalue weighted by molar-refractivity contribution is -0.148. The van der Waals surface area contributed by atoms with Crippen LogP contribution in [0.5, 0.6) is 5.75 Å². The maximum absolute atomic E-state index is 13.8. The van der Waals surface area contributed by atoms with Gasteiger partial charge in [-0.05, 0) is 65.9 Å². The summed E-state index contributed by atoms with van der Waals surface area (Å²) in [5.41, 5.74) is 9.34. The van der Waals surface area contributed by atoms with Gasteiger partial charge in [-0.3, -0.25) is 14.5 Å². The van der Waals surface area contributed by atoms with Crippen molar-refractivity contribution < 1.29 is 33.0 Å². The highest BCUT2D eigenvalue weighted by atomic mass is 19.1. The number of hydrogen-bond donors (Lipinski definition) is 3. The van der Waals surface area contributed by atoms with Crippen molar-refractivity contribution in [1.29, 1.82) is 0 Å². The Kier molecular flexibility index (Phi) is 9.80. The Labute approximate surface area is 237 Å². The number of carboxylic acid groups (broad SMARTS) is 1. The minimum atomic E-state index is -1.42. The third-order valence-electron chi connectivity index (χ3n) is 7.09. The summed E-state index contributed by atoms with van der Waals surface area (Å²) in [6.07, 6.45) is -0.249. The topological polar surface area (TPSA) is 122 Å². The van der Waals surface area contributed by atoms with Gasteiger partial charge in [-0.15, -0.1) is 0 Å². The van der Waals surface area contributed by atoms with Crippen LogP contribution >= 0.6 is 0 Å². The van der Waals surface area contributed by atoms with Crippen molar-refractivity contribution in [2.75, 3.05) is 11.4 Å². The molecule has 3 atom stereocenters. The van der Waals surface area contributed by atoms with Crippen molar-refractivity contribution in [2.45, 2.75) is 51.3 Å². The number of hydrogen-bond acceptors (Lipinski definition) is 6. The molecule has 0 aromatic heterocycles. The van der Waals surface area contributed by atoms with Gasteiger partial charge in [0.2, 0.25) is 17.9 Å². The van der Waals surface area contributed by atoms with E-state index < -0.39 is 35.7 Å². The average molecular weight is 566 g/mol. The minimum absolute atomic E-state index is 0.0115. The molecule has 0 aliphatic carbocycles. The van der Waals surface area contributed by atoms with E-state index in [-0.39, 0.29) is 43.4 Å². The molecule has 3 aromatic rings. The Morgan fingerprint density at radius 3 is 2.22 bits per heavy atom. The smallest absolute Gasteiger partial charge is 0.345 e. The molecule has 0 saturated carbocycles. The summed E-state index contributed by atoms with van der Waals surface area (Å²) in [6, 6.07) is 16.2. The van der Waals surface area contributed by atoms with Crippen molar-refractivity contribution in [3.8, 4) is 5.75 Å². The summed E-state index contributed by atoms with van der Waals surface area (Å²) in [4.78, 5) is 37.7. The van der Waals surface area contributed by atoms with E-state index in [1.54, 1.807) is 0 Å². The van der Waals surface area contributed by atoms with Gasteiger partial charge in [0, 0.05) is 44.0 Å². The molecule has 3 aromatic carbocycles. The highest BCUT2D eigenvalue weighted by Crippen LogP contribution is 2.27. The zero-order chi connectivity index (χ0) is 29.5. The van der Waals surface area contributed by atoms with Gasteiger partial charge in [-0.2, -0.15) is 0 Å². The molecule has 1 aliphatic rings. The molecule has 0 spiro atoms. The monoisotopic (exact) mass is 565 g/mol. The number of carbonyl (C=O) groups excluding carboxylic acids is 2. The first kappa shape index (κ1) is 29.8. The van der Waals surface area contributed by atoms with Gasteiger partial charge < -0.3 is 20.9 Å². The average Bonchev–Trinajstić information content (AvgIpc) is 3.27. The fourth-order valence-electron chi connectivity index (χ4n) is 4.98. The molecule has 2 unspecified atom stereocenters. The lowest BCUT2D eigenvalue weighted by Gasteiger charge is -2.30. The van der Waals surface area contributed by atoms with Crippen LogP contribution in [0.3, 0.4) is 0 Å². The molecule has 1 fully saturated rings. The van der Waals surface area contributed by atoms with E-state index in [2.05, 4.69) is 18.3 Å². The van der Waals surface area contributed by atoms with Gasteiger partial charge in [0.1, 0.15) is 17.4 Å². The molecular formula is C31H33F2N3O5. The number of rotatable bonds is 13. The second kappa shape index (κ2) is 13.5. The lowest BCUT2D eigenvalue weighted by Crippen LogP contribution is -2.50. The predicted molar refractivity (Wildman–Crippen MR) is 149 cm³/mol. The van der Waals surface area contributed by atoms with Crippen LogP contribution in [0.15, 0.2) is 66.7 Å². The standard InChI is InChI=1S/C31H33F2N3O5/c1-2-19-4-3-5-20(12-19)17-35-18-26(27(34)15-21-13-22(32)16-23(33)14-21)30(31(39)40)41-25-8-6-24(7-9-25)36-28(37)10-11-29(36)38/h3-9,12-14,16,26-27,30,35H,2,10-11,15,17-18,34H2,1H3,(H,39,40)/t26?,27?,30-/m0/s1. The van der Waals surface area contributed by atoms with E-state index in [4.69, 9.17) is 10.5 Å². The molecule has 1 saturated heterocycles. The van der Waals surface area contributed by atoms with Crippen LogP contribution < -0.4 is 20.7 Å². The lowest BCUT2D eigenvalue weighted by atomic mass is 9.89. The number of nitrogens with one attached hydrogen (secondary N) is 1. The van der Waals surface area contributed by atoms with Crippen molar-refractivity contribution >= 4 is 23.5 Å². The Hall–Kier alpha value is -4.15. The number of benzene rings is 3. The van der Waals surface area contributed by atoms with Crippen LogP contribution in [0, 0.1) is 17.6 Å². The molecule has 1 heterocycles. The third kappa shape index (κ3) is 7.74. The van der Waals surface area contributed by atoms with Crippen molar-refractivity contribution in [3.05, 3.63) is 95.1 Å². The highest BCUT2D eigenvalue weighted by Gasteiger charge is 2.35. The van der Waals surface area contributed by atoms with Crippen molar-refractivity contribution in [2.24, 2.45) is 11.7 Å². The summed E-state index contributed by atoms with van der Waals surface area (Å²) in [5.74, 6) is -3.98. The van der Waals surface area contributed by atoms with E-state index in [9.17, 15) is 28.3 Å². The third-order valence-corrected chi connectivity index (χ3v) is 7.09. The van der Waals surface area contributed by atoms with E-state index in [0.29, 0.717) is 17.8 Å². The molecule has 1 aliphatic heterocycles. The van der Waals surface area contributed by atoms with Crippen LogP contribution in [-0.2, 0) is 33.8 Å². The highest BCUT2D eigenvalue weighted by molar-refractivity contribution is 6.19. The number of aliphatic carboxylic acids is 1. The van der Waals surface area contributed by atoms with Crippen LogP contribution in [0.1, 0.15) is 36.5 Å². The van der Waals surface area contributed by atoms with Crippen LogP contribution in [0.2, 0.25) is 0 Å². The number of aryl methyl sites for hydroxylation is 1. The van der Waals surface area contributed by atoms with Crippen molar-refractivity contribution in [3.63, 3.8) is 0 Å². The largest absolute Gasteiger partial charge is 0.478 e. The molecule has 2 amide bonds. The first-order valence-corrected chi connectivity index (χ1v) is 13.5. The van der Waals surface area contributed by atoms with Crippen molar-refractivity contribution in [1.82, 2.24) is 5.32 Å². The number of carboxylic acids is 1. The van der Waals surface area contributed by atoms with Crippen LogP contribution in [0.25, 0.3) is 0 Å². The first-order valence-electron chi connectivity index (χ1n) is 13.5. The number of nitrogens with zero attached hydrogens (tertiary/aromatic N) is 1.